The van der Waals surface area contributed by atoms with Crippen LogP contribution in [-0.4, -0.2) is 41.7 Å². The van der Waals surface area contributed by atoms with Gasteiger partial charge in [0.25, 0.3) is 0 Å². The van der Waals surface area contributed by atoms with Crippen LogP contribution >= 0.6 is 0 Å². The Labute approximate surface area is 99.6 Å². The first-order valence-corrected chi connectivity index (χ1v) is 5.28. The van der Waals surface area contributed by atoms with Gasteiger partial charge in [-0.25, -0.2) is 0 Å². The second-order valence-corrected chi connectivity index (χ2v) is 3.60. The Morgan fingerprint density at radius 2 is 2.18 bits per heavy atom. The summed E-state index contributed by atoms with van der Waals surface area (Å²) in [6.45, 7) is 1.89. The molecule has 17 heavy (non-hydrogen) atoms. The third-order valence-corrected chi connectivity index (χ3v) is 2.31. The molecule has 3 N–H and O–H groups in total. The van der Waals surface area contributed by atoms with Crippen LogP contribution in [0.15, 0.2) is 12.4 Å². The van der Waals surface area contributed by atoms with Crippen molar-refractivity contribution in [3.05, 3.63) is 12.4 Å². The Morgan fingerprint density at radius 3 is 2.76 bits per heavy atom. The molecule has 0 saturated heterocycles. The molecule has 0 spiro atoms. The molecule has 0 bridgehead atoms. The lowest BCUT2D eigenvalue weighted by molar-refractivity contribution is -0.121. The Kier molecular flexibility index (Phi) is 4.65. The molecule has 1 unspecified atom stereocenters. The van der Waals surface area contributed by atoms with Crippen molar-refractivity contribution in [3.63, 3.8) is 0 Å². The number of nitrogens with one attached hydrogen (secondary N) is 3. The molecule has 0 fully saturated rings. The van der Waals surface area contributed by atoms with E-state index in [1.807, 2.05) is 0 Å². The summed E-state index contributed by atoms with van der Waals surface area (Å²) in [6, 6.07) is -0.280. The molecule has 2 amide bonds. The van der Waals surface area contributed by atoms with Gasteiger partial charge in [0.1, 0.15) is 6.54 Å². The van der Waals surface area contributed by atoms with Crippen molar-refractivity contribution in [1.29, 1.82) is 0 Å². The number of carbonyl (C=O) groups excluding carboxylic acids is 2. The molecular weight excluding hydrogens is 222 g/mol. The molecule has 7 nitrogen and oxygen atoms in total. The lowest BCUT2D eigenvalue weighted by atomic mass is 10.3. The molecule has 94 valence electrons. The van der Waals surface area contributed by atoms with Crippen molar-refractivity contribution in [2.24, 2.45) is 0 Å². The lowest BCUT2D eigenvalue weighted by Crippen LogP contribution is -2.35. The summed E-state index contributed by atoms with van der Waals surface area (Å²) in [5.74, 6) is -0.290. The van der Waals surface area contributed by atoms with Crippen molar-refractivity contribution in [1.82, 2.24) is 20.4 Å². The molecule has 0 aliphatic carbocycles. The maximum absolute atomic E-state index is 11.5. The number of anilines is 1. The highest BCUT2D eigenvalue weighted by Gasteiger charge is 2.11. The molecule has 0 radical (unpaired) electrons. The van der Waals surface area contributed by atoms with Crippen LogP contribution < -0.4 is 16.0 Å². The molecule has 1 atom stereocenters. The standard InChI is InChI=1S/C10H17N5O2/c1-7(11-2)10(17)14-8-4-13-15(5-8)6-9(16)12-3/h4-5,7,11H,6H2,1-3H3,(H,12,16)(H,14,17). The lowest BCUT2D eigenvalue weighted by Gasteiger charge is -2.08. The summed E-state index contributed by atoms with van der Waals surface area (Å²) in [6.07, 6.45) is 3.11. The van der Waals surface area contributed by atoms with Gasteiger partial charge in [0, 0.05) is 13.2 Å². The van der Waals surface area contributed by atoms with Gasteiger partial charge < -0.3 is 16.0 Å². The van der Waals surface area contributed by atoms with Crippen LogP contribution in [0.3, 0.4) is 0 Å². The summed E-state index contributed by atoms with van der Waals surface area (Å²) in [5.41, 5.74) is 0.570. The first kappa shape index (κ1) is 13.2. The fourth-order valence-electron chi connectivity index (χ4n) is 1.12. The van der Waals surface area contributed by atoms with Crippen molar-refractivity contribution in [2.75, 3.05) is 19.4 Å². The summed E-state index contributed by atoms with van der Waals surface area (Å²) in [4.78, 5) is 22.6. The summed E-state index contributed by atoms with van der Waals surface area (Å²) in [5, 5.41) is 12.0. The van der Waals surface area contributed by atoms with E-state index in [4.69, 9.17) is 0 Å². The minimum atomic E-state index is -0.280. The largest absolute Gasteiger partial charge is 0.358 e. The molecule has 7 heteroatoms. The highest BCUT2D eigenvalue weighted by atomic mass is 16.2. The van der Waals surface area contributed by atoms with Gasteiger partial charge in [-0.15, -0.1) is 0 Å². The molecule has 1 rings (SSSR count). The number of nitrogens with zero attached hydrogens (tertiary/aromatic N) is 2. The Balaban J connectivity index is 2.56. The van der Waals surface area contributed by atoms with E-state index < -0.39 is 0 Å². The van der Waals surface area contributed by atoms with Crippen molar-refractivity contribution in [2.45, 2.75) is 19.5 Å². The quantitative estimate of drug-likeness (QED) is 0.626. The SMILES string of the molecule is CNC(=O)Cn1cc(NC(=O)C(C)NC)cn1. The van der Waals surface area contributed by atoms with Crippen LogP contribution in [-0.2, 0) is 16.1 Å². The monoisotopic (exact) mass is 239 g/mol. The maximum Gasteiger partial charge on any atom is 0.241 e. The van der Waals surface area contributed by atoms with Gasteiger partial charge in [0.05, 0.1) is 17.9 Å². The van der Waals surface area contributed by atoms with Gasteiger partial charge in [-0.2, -0.15) is 5.10 Å². The third kappa shape index (κ3) is 3.87. The van der Waals surface area contributed by atoms with Crippen LogP contribution in [0, 0.1) is 0 Å². The molecule has 1 aromatic rings. The van der Waals surface area contributed by atoms with Crippen molar-refractivity contribution < 1.29 is 9.59 Å². The molecule has 0 aromatic carbocycles. The minimum absolute atomic E-state index is 0.133. The Hall–Kier alpha value is -1.89. The number of amides is 2. The van der Waals surface area contributed by atoms with Crippen LogP contribution in [0.4, 0.5) is 5.69 Å². The molecule has 1 aromatic heterocycles. The number of rotatable bonds is 5. The normalized spacial score (nSPS) is 11.9. The summed E-state index contributed by atoms with van der Waals surface area (Å²) >= 11 is 0. The van der Waals surface area contributed by atoms with E-state index in [0.29, 0.717) is 5.69 Å². The van der Waals surface area contributed by atoms with Gasteiger partial charge in [-0.3, -0.25) is 14.3 Å². The molecule has 1 heterocycles. The first-order chi connectivity index (χ1) is 8.06. The zero-order valence-electron chi connectivity index (χ0n) is 10.2. The fraction of sp³-hybridized carbons (Fsp3) is 0.500. The molecule has 0 aliphatic rings. The maximum atomic E-state index is 11.5. The Bertz CT molecular complexity index is 401. The number of carbonyl (C=O) groups is 2. The van der Waals surface area contributed by atoms with Gasteiger partial charge in [-0.05, 0) is 14.0 Å². The van der Waals surface area contributed by atoms with Crippen LogP contribution in [0.25, 0.3) is 0 Å². The number of hydrogen-bond donors (Lipinski definition) is 3. The fourth-order valence-corrected chi connectivity index (χ4v) is 1.12. The predicted octanol–water partition coefficient (Wildman–Crippen LogP) is -0.824. The van der Waals surface area contributed by atoms with Crippen molar-refractivity contribution >= 4 is 17.5 Å². The second-order valence-electron chi connectivity index (χ2n) is 3.60. The number of aromatic nitrogens is 2. The zero-order valence-corrected chi connectivity index (χ0v) is 10.2. The van der Waals surface area contributed by atoms with E-state index in [-0.39, 0.29) is 24.4 Å². The zero-order chi connectivity index (χ0) is 12.8. The van der Waals surface area contributed by atoms with Gasteiger partial charge in [0.15, 0.2) is 0 Å². The first-order valence-electron chi connectivity index (χ1n) is 5.28. The second kappa shape index (κ2) is 6.00. The van der Waals surface area contributed by atoms with Crippen LogP contribution in [0.1, 0.15) is 6.92 Å². The van der Waals surface area contributed by atoms with Gasteiger partial charge >= 0.3 is 0 Å². The average molecular weight is 239 g/mol. The van der Waals surface area contributed by atoms with Crippen LogP contribution in [0.2, 0.25) is 0 Å². The van der Waals surface area contributed by atoms with Crippen molar-refractivity contribution in [3.8, 4) is 0 Å². The van der Waals surface area contributed by atoms with E-state index in [2.05, 4.69) is 21.0 Å². The average Bonchev–Trinajstić information content (AvgIpc) is 2.75. The summed E-state index contributed by atoms with van der Waals surface area (Å²) < 4.78 is 1.46. The number of likely N-dealkylation sites (N-methyl/N-ethyl adjacent to an activating group) is 2. The topological polar surface area (TPSA) is 88.0 Å². The van der Waals surface area contributed by atoms with Gasteiger partial charge in [0.2, 0.25) is 11.8 Å². The van der Waals surface area contributed by atoms with E-state index in [1.54, 1.807) is 27.2 Å². The number of hydrogen-bond acceptors (Lipinski definition) is 4. The molecule has 0 saturated carbocycles. The Morgan fingerprint density at radius 1 is 1.47 bits per heavy atom. The molecular formula is C10H17N5O2. The van der Waals surface area contributed by atoms with E-state index in [1.165, 1.54) is 10.9 Å². The van der Waals surface area contributed by atoms with Crippen LogP contribution in [0.5, 0.6) is 0 Å². The highest BCUT2D eigenvalue weighted by Crippen LogP contribution is 2.05. The summed E-state index contributed by atoms with van der Waals surface area (Å²) in [7, 11) is 3.27. The highest BCUT2D eigenvalue weighted by molar-refractivity contribution is 5.94. The minimum Gasteiger partial charge on any atom is -0.358 e. The van der Waals surface area contributed by atoms with Gasteiger partial charge in [-0.1, -0.05) is 0 Å². The molecule has 0 aliphatic heterocycles. The predicted molar refractivity (Wildman–Crippen MR) is 63.4 cm³/mol. The van der Waals surface area contributed by atoms with E-state index >= 15 is 0 Å². The smallest absolute Gasteiger partial charge is 0.241 e. The third-order valence-electron chi connectivity index (χ3n) is 2.31. The van der Waals surface area contributed by atoms with E-state index in [9.17, 15) is 9.59 Å². The van der Waals surface area contributed by atoms with E-state index in [0.717, 1.165) is 0 Å².